The summed E-state index contributed by atoms with van der Waals surface area (Å²) in [4.78, 5) is 33.8. The first-order chi connectivity index (χ1) is 7.93. The van der Waals surface area contributed by atoms with Crippen molar-refractivity contribution in [3.63, 3.8) is 0 Å². The molecule has 0 radical (unpaired) electrons. The minimum absolute atomic E-state index is 0.118. The smallest absolute Gasteiger partial charge is 0.341 e. The largest absolute Gasteiger partial charge is 0.350 e. The van der Waals surface area contributed by atoms with Crippen molar-refractivity contribution in [2.75, 3.05) is 0 Å². The third-order valence-corrected chi connectivity index (χ3v) is 2.18. The first-order valence-electron chi connectivity index (χ1n) is 4.36. The minimum Gasteiger partial charge on any atom is -0.350 e. The molecule has 3 N–H and O–H groups in total. The predicted octanol–water partition coefficient (Wildman–Crippen LogP) is -0.105. The number of nitrogens with one attached hydrogen (secondary N) is 1. The first kappa shape index (κ1) is 11.0. The number of aromatic amines is 1. The molecule has 0 aliphatic carbocycles. The van der Waals surface area contributed by atoms with Gasteiger partial charge in [0.2, 0.25) is 0 Å². The van der Waals surface area contributed by atoms with Gasteiger partial charge in [-0.25, -0.2) is 13.6 Å². The van der Waals surface area contributed by atoms with E-state index in [4.69, 9.17) is 5.73 Å². The molecular weight excluding hydrogens is 236 g/mol. The predicted molar refractivity (Wildman–Crippen MR) is 53.7 cm³/mol. The number of primary amides is 1. The Morgan fingerprint density at radius 3 is 2.24 bits per heavy atom. The lowest BCUT2D eigenvalue weighted by atomic mass is 10.2. The number of H-pyrrole nitrogens is 1. The van der Waals surface area contributed by atoms with Crippen LogP contribution in [0.25, 0.3) is 10.8 Å². The second-order valence-electron chi connectivity index (χ2n) is 3.20. The van der Waals surface area contributed by atoms with Gasteiger partial charge in [0, 0.05) is 0 Å². The Morgan fingerprint density at radius 2 is 1.71 bits per heavy atom. The van der Waals surface area contributed by atoms with Crippen molar-refractivity contribution in [1.82, 2.24) is 9.78 Å². The number of nitrogens with zero attached hydrogens (tertiary/aromatic N) is 1. The Bertz CT molecular complexity index is 747. The summed E-state index contributed by atoms with van der Waals surface area (Å²) >= 11 is 0. The Balaban J connectivity index is 3.16. The molecule has 1 heterocycles. The maximum absolute atomic E-state index is 13.4. The van der Waals surface area contributed by atoms with Crippen molar-refractivity contribution in [2.45, 2.75) is 0 Å². The van der Waals surface area contributed by atoms with E-state index >= 15 is 0 Å². The summed E-state index contributed by atoms with van der Waals surface area (Å²) in [7, 11) is 0. The number of halogens is 2. The Hall–Kier alpha value is -2.51. The molecule has 8 heteroatoms. The Kier molecular flexibility index (Phi) is 2.27. The molecule has 0 saturated carbocycles. The third kappa shape index (κ3) is 1.50. The quantitative estimate of drug-likeness (QED) is 0.673. The van der Waals surface area contributed by atoms with Gasteiger partial charge in [0.15, 0.2) is 0 Å². The molecule has 0 aliphatic rings. The van der Waals surface area contributed by atoms with Crippen molar-refractivity contribution in [3.05, 3.63) is 44.5 Å². The molecule has 0 atom stereocenters. The van der Waals surface area contributed by atoms with E-state index in [0.717, 1.165) is 0 Å². The Morgan fingerprint density at radius 1 is 1.18 bits per heavy atom. The average molecular weight is 241 g/mol. The van der Waals surface area contributed by atoms with E-state index in [1.807, 2.05) is 0 Å². The lowest BCUT2D eigenvalue weighted by Gasteiger charge is -2.03. The molecule has 0 fully saturated rings. The van der Waals surface area contributed by atoms with Crippen LogP contribution in [0, 0.1) is 11.6 Å². The van der Waals surface area contributed by atoms with Crippen molar-refractivity contribution < 1.29 is 13.6 Å². The Labute approximate surface area is 91.3 Å². The molecule has 2 rings (SSSR count). The third-order valence-electron chi connectivity index (χ3n) is 2.18. The van der Waals surface area contributed by atoms with Crippen LogP contribution in [0.5, 0.6) is 0 Å². The highest BCUT2D eigenvalue weighted by Crippen LogP contribution is 2.13. The summed E-state index contributed by atoms with van der Waals surface area (Å²) in [6.45, 7) is 0. The van der Waals surface area contributed by atoms with Crippen LogP contribution in [0.2, 0.25) is 0 Å². The lowest BCUT2D eigenvalue weighted by Crippen LogP contribution is -2.38. The molecule has 88 valence electrons. The van der Waals surface area contributed by atoms with Gasteiger partial charge in [0.25, 0.3) is 11.1 Å². The summed E-state index contributed by atoms with van der Waals surface area (Å²) in [5.41, 5.74) is 2.47. The minimum atomic E-state index is -1.29. The van der Waals surface area contributed by atoms with E-state index in [0.29, 0.717) is 12.1 Å². The summed E-state index contributed by atoms with van der Waals surface area (Å²) < 4.78 is 26.8. The number of hydrogen-bond acceptors (Lipinski definition) is 3. The van der Waals surface area contributed by atoms with Gasteiger partial charge in [-0.2, -0.15) is 4.68 Å². The zero-order chi connectivity index (χ0) is 12.7. The fourth-order valence-electron chi connectivity index (χ4n) is 1.46. The van der Waals surface area contributed by atoms with Crippen LogP contribution in [0.3, 0.4) is 0 Å². The number of amides is 1. The zero-order valence-electron chi connectivity index (χ0n) is 8.16. The van der Waals surface area contributed by atoms with Gasteiger partial charge in [0.05, 0.1) is 10.8 Å². The number of carbonyl (C=O) groups excluding carboxylic acids is 1. The van der Waals surface area contributed by atoms with E-state index < -0.39 is 39.6 Å². The molecule has 17 heavy (non-hydrogen) atoms. The highest BCUT2D eigenvalue weighted by Gasteiger charge is 2.17. The van der Waals surface area contributed by atoms with Gasteiger partial charge in [-0.05, 0) is 12.1 Å². The number of hydrogen-bond donors (Lipinski definition) is 2. The molecule has 0 bridgehead atoms. The number of benzene rings is 1. The molecule has 0 spiro atoms. The maximum atomic E-state index is 13.4. The number of rotatable bonds is 0. The molecule has 2 aromatic rings. The topological polar surface area (TPSA) is 97.9 Å². The average Bonchev–Trinajstić information content (AvgIpc) is 2.26. The lowest BCUT2D eigenvalue weighted by molar-refractivity contribution is 0.246. The monoisotopic (exact) mass is 241 g/mol. The highest BCUT2D eigenvalue weighted by atomic mass is 19.1. The first-order valence-corrected chi connectivity index (χ1v) is 4.36. The molecule has 0 saturated heterocycles. The highest BCUT2D eigenvalue weighted by molar-refractivity contribution is 5.84. The van der Waals surface area contributed by atoms with E-state index in [1.165, 1.54) is 0 Å². The molecule has 0 aliphatic heterocycles. The zero-order valence-corrected chi connectivity index (χ0v) is 8.16. The maximum Gasteiger partial charge on any atom is 0.341 e. The standard InChI is InChI=1S/C9H5F2N3O3/c10-3-1-2-4(11)6-5(3)7(15)13-14(8(6)16)9(12)17/h1-2H,(H2,12,17)(H,13,15). The SMILES string of the molecule is NC(=O)n1[nH]c(=O)c2c(F)ccc(F)c2c1=O. The van der Waals surface area contributed by atoms with Crippen LogP contribution in [0.4, 0.5) is 13.6 Å². The number of aromatic nitrogens is 2. The molecule has 0 unspecified atom stereocenters. The van der Waals surface area contributed by atoms with Gasteiger partial charge in [0.1, 0.15) is 11.6 Å². The van der Waals surface area contributed by atoms with E-state index in [1.54, 1.807) is 5.10 Å². The van der Waals surface area contributed by atoms with Crippen LogP contribution in [-0.4, -0.2) is 15.8 Å². The normalized spacial score (nSPS) is 10.7. The van der Waals surface area contributed by atoms with Crippen molar-refractivity contribution in [3.8, 4) is 0 Å². The second kappa shape index (κ2) is 3.51. The van der Waals surface area contributed by atoms with Crippen molar-refractivity contribution in [1.29, 1.82) is 0 Å². The number of nitrogens with two attached hydrogens (primary N) is 1. The molecule has 1 aromatic carbocycles. The van der Waals surface area contributed by atoms with Gasteiger partial charge in [-0.1, -0.05) is 0 Å². The van der Waals surface area contributed by atoms with Gasteiger partial charge in [-0.15, -0.1) is 0 Å². The van der Waals surface area contributed by atoms with Crippen LogP contribution in [0.1, 0.15) is 0 Å². The summed E-state index contributed by atoms with van der Waals surface area (Å²) in [6.07, 6.45) is 0. The molecule has 1 aromatic heterocycles. The summed E-state index contributed by atoms with van der Waals surface area (Å²) in [5.74, 6) is -2.16. The van der Waals surface area contributed by atoms with Gasteiger partial charge >= 0.3 is 6.03 Å². The van der Waals surface area contributed by atoms with E-state index in [9.17, 15) is 23.2 Å². The fraction of sp³-hybridized carbons (Fsp3) is 0. The van der Waals surface area contributed by atoms with Gasteiger partial charge < -0.3 is 5.73 Å². The van der Waals surface area contributed by atoms with Crippen molar-refractivity contribution in [2.24, 2.45) is 5.73 Å². The van der Waals surface area contributed by atoms with Crippen LogP contribution >= 0.6 is 0 Å². The number of fused-ring (bicyclic) bond motifs is 1. The molecule has 1 amide bonds. The van der Waals surface area contributed by atoms with Crippen LogP contribution in [-0.2, 0) is 0 Å². The molecular formula is C9H5F2N3O3. The number of carbonyl (C=O) groups is 1. The van der Waals surface area contributed by atoms with Gasteiger partial charge in [-0.3, -0.25) is 14.7 Å². The summed E-state index contributed by atoms with van der Waals surface area (Å²) in [5, 5.41) is 0.198. The fourth-order valence-corrected chi connectivity index (χ4v) is 1.46. The second-order valence-corrected chi connectivity index (χ2v) is 3.20. The van der Waals surface area contributed by atoms with E-state index in [-0.39, 0.29) is 4.68 Å². The van der Waals surface area contributed by atoms with Crippen LogP contribution in [0.15, 0.2) is 21.7 Å². The van der Waals surface area contributed by atoms with E-state index in [2.05, 4.69) is 0 Å². The van der Waals surface area contributed by atoms with Crippen molar-refractivity contribution >= 4 is 16.8 Å². The molecule has 6 nitrogen and oxygen atoms in total. The van der Waals surface area contributed by atoms with Crippen LogP contribution < -0.4 is 16.9 Å². The summed E-state index contributed by atoms with van der Waals surface area (Å²) in [6, 6.07) is 0.0998.